The van der Waals surface area contributed by atoms with Crippen molar-refractivity contribution < 1.29 is 4.79 Å². The fraction of sp³-hybridized carbons (Fsp3) is 0.438. The molecule has 0 atom stereocenters. The zero-order valence-corrected chi connectivity index (χ0v) is 14.1. The Hall–Kier alpha value is -0.990. The third-order valence-corrected chi connectivity index (χ3v) is 3.41. The Morgan fingerprint density at radius 3 is 2.10 bits per heavy atom. The first-order valence-electron chi connectivity index (χ1n) is 6.54. The summed E-state index contributed by atoms with van der Waals surface area (Å²) in [5.74, 6) is -0.291. The minimum Gasteiger partial charge on any atom is -0.306 e. The summed E-state index contributed by atoms with van der Waals surface area (Å²) in [5, 5.41) is 0. The van der Waals surface area contributed by atoms with E-state index >= 15 is 0 Å². The Morgan fingerprint density at radius 2 is 1.70 bits per heavy atom. The van der Waals surface area contributed by atoms with Gasteiger partial charge >= 0.3 is 0 Å². The number of carbonyl (C=O) groups excluding carboxylic acids is 1. The van der Waals surface area contributed by atoms with Crippen molar-refractivity contribution in [1.29, 1.82) is 0 Å². The van der Waals surface area contributed by atoms with Crippen molar-refractivity contribution in [2.24, 2.45) is 0 Å². The normalized spacial score (nSPS) is 10.6. The number of nitrogens with zero attached hydrogens (tertiary/aromatic N) is 1. The minimum absolute atomic E-state index is 0.291. The van der Waals surface area contributed by atoms with Gasteiger partial charge in [-0.15, -0.1) is 0 Å². The van der Waals surface area contributed by atoms with Crippen LogP contribution in [0.15, 0.2) is 23.8 Å². The monoisotopic (exact) mass is 313 g/mol. The molecule has 0 unspecified atom stereocenters. The molecule has 4 heteroatoms. The number of alkyl halides is 2. The molecule has 0 saturated heterocycles. The largest absolute Gasteiger partial charge is 0.306 e. The zero-order valence-electron chi connectivity index (χ0n) is 12.6. The summed E-state index contributed by atoms with van der Waals surface area (Å²) in [6.45, 7) is 10.5. The SMILES string of the molecule is CC(C)=CCN(C(=O)C(Cl)Cl)c1c(C)cc(C)cc1C. The lowest BCUT2D eigenvalue weighted by Crippen LogP contribution is -2.36. The van der Waals surface area contributed by atoms with Crippen molar-refractivity contribution in [3.05, 3.63) is 40.5 Å². The van der Waals surface area contributed by atoms with E-state index in [2.05, 4.69) is 12.1 Å². The van der Waals surface area contributed by atoms with Gasteiger partial charge in [0, 0.05) is 12.2 Å². The number of rotatable bonds is 4. The van der Waals surface area contributed by atoms with Crippen LogP contribution < -0.4 is 4.90 Å². The lowest BCUT2D eigenvalue weighted by Gasteiger charge is -2.26. The second-order valence-electron chi connectivity index (χ2n) is 5.28. The smallest absolute Gasteiger partial charge is 0.260 e. The molecule has 1 rings (SSSR count). The molecule has 0 aromatic heterocycles. The van der Waals surface area contributed by atoms with Crippen LogP contribution in [0.5, 0.6) is 0 Å². The van der Waals surface area contributed by atoms with E-state index in [4.69, 9.17) is 23.2 Å². The van der Waals surface area contributed by atoms with Crippen molar-refractivity contribution >= 4 is 34.8 Å². The molecule has 0 spiro atoms. The topological polar surface area (TPSA) is 20.3 Å². The Labute approximate surface area is 131 Å². The first-order valence-corrected chi connectivity index (χ1v) is 7.42. The highest BCUT2D eigenvalue weighted by molar-refractivity contribution is 6.54. The summed E-state index contributed by atoms with van der Waals surface area (Å²) in [6, 6.07) is 4.12. The molecule has 110 valence electrons. The number of halogens is 2. The van der Waals surface area contributed by atoms with E-state index in [1.54, 1.807) is 4.90 Å². The van der Waals surface area contributed by atoms with Crippen LogP contribution >= 0.6 is 23.2 Å². The fourth-order valence-corrected chi connectivity index (χ4v) is 2.52. The Balaban J connectivity index is 3.30. The summed E-state index contributed by atoms with van der Waals surface area (Å²) in [4.78, 5) is 12.9. The van der Waals surface area contributed by atoms with Gasteiger partial charge in [0.1, 0.15) is 0 Å². The van der Waals surface area contributed by atoms with E-state index in [9.17, 15) is 4.79 Å². The van der Waals surface area contributed by atoms with Crippen LogP contribution in [0.4, 0.5) is 5.69 Å². The molecule has 0 heterocycles. The van der Waals surface area contributed by atoms with E-state index in [0.717, 1.165) is 22.4 Å². The molecule has 2 nitrogen and oxygen atoms in total. The van der Waals surface area contributed by atoms with Gasteiger partial charge in [0.25, 0.3) is 5.91 Å². The van der Waals surface area contributed by atoms with Crippen molar-refractivity contribution in [3.63, 3.8) is 0 Å². The zero-order chi connectivity index (χ0) is 15.4. The van der Waals surface area contributed by atoms with Crippen molar-refractivity contribution in [1.82, 2.24) is 0 Å². The molecular weight excluding hydrogens is 293 g/mol. The second-order valence-corrected chi connectivity index (χ2v) is 6.37. The number of carbonyl (C=O) groups is 1. The Bertz CT molecular complexity index is 508. The number of hydrogen-bond donors (Lipinski definition) is 0. The summed E-state index contributed by atoms with van der Waals surface area (Å²) < 4.78 is 0. The van der Waals surface area contributed by atoms with Crippen LogP contribution in [0.1, 0.15) is 30.5 Å². The van der Waals surface area contributed by atoms with Crippen LogP contribution in [0.25, 0.3) is 0 Å². The first kappa shape index (κ1) is 17.1. The highest BCUT2D eigenvalue weighted by Crippen LogP contribution is 2.28. The summed E-state index contributed by atoms with van der Waals surface area (Å²) >= 11 is 11.6. The average Bonchev–Trinajstić information content (AvgIpc) is 2.30. The van der Waals surface area contributed by atoms with Crippen LogP contribution in [-0.2, 0) is 4.79 Å². The number of benzene rings is 1. The number of anilines is 1. The van der Waals surface area contributed by atoms with E-state index in [0.29, 0.717) is 6.54 Å². The maximum Gasteiger partial charge on any atom is 0.260 e. The third kappa shape index (κ3) is 4.26. The molecule has 0 saturated carbocycles. The molecule has 0 aliphatic rings. The van der Waals surface area contributed by atoms with Gasteiger partial charge in [-0.25, -0.2) is 0 Å². The fourth-order valence-electron chi connectivity index (χ4n) is 2.28. The van der Waals surface area contributed by atoms with Gasteiger partial charge in [-0.05, 0) is 45.7 Å². The van der Waals surface area contributed by atoms with E-state index in [-0.39, 0.29) is 5.91 Å². The molecule has 0 fully saturated rings. The minimum atomic E-state index is -1.05. The molecule has 0 bridgehead atoms. The molecule has 1 amide bonds. The molecule has 20 heavy (non-hydrogen) atoms. The van der Waals surface area contributed by atoms with Crippen molar-refractivity contribution in [2.75, 3.05) is 11.4 Å². The highest BCUT2D eigenvalue weighted by Gasteiger charge is 2.23. The number of aryl methyl sites for hydroxylation is 3. The van der Waals surface area contributed by atoms with E-state index < -0.39 is 4.84 Å². The van der Waals surface area contributed by atoms with Crippen LogP contribution in [0.2, 0.25) is 0 Å². The number of amides is 1. The van der Waals surface area contributed by atoms with Gasteiger partial charge in [-0.1, -0.05) is 52.5 Å². The van der Waals surface area contributed by atoms with Crippen LogP contribution in [-0.4, -0.2) is 17.3 Å². The van der Waals surface area contributed by atoms with Gasteiger partial charge < -0.3 is 4.90 Å². The molecular formula is C16H21Cl2NO. The number of hydrogen-bond acceptors (Lipinski definition) is 1. The number of allylic oxidation sites excluding steroid dienone is 1. The standard InChI is InChI=1S/C16H21Cl2NO/c1-10(2)6-7-19(16(20)15(17)18)14-12(4)8-11(3)9-13(14)5/h6,8-9,15H,7H2,1-5H3. The maximum absolute atomic E-state index is 12.3. The molecule has 0 radical (unpaired) electrons. The highest BCUT2D eigenvalue weighted by atomic mass is 35.5. The molecule has 0 aliphatic carbocycles. The van der Waals surface area contributed by atoms with Gasteiger partial charge in [0.15, 0.2) is 4.84 Å². The second kappa shape index (κ2) is 7.14. The molecule has 0 N–H and O–H groups in total. The van der Waals surface area contributed by atoms with Crippen molar-refractivity contribution in [2.45, 2.75) is 39.5 Å². The predicted octanol–water partition coefficient (Wildman–Crippen LogP) is 4.71. The van der Waals surface area contributed by atoms with E-state index in [1.165, 1.54) is 5.56 Å². The van der Waals surface area contributed by atoms with Gasteiger partial charge in [-0.2, -0.15) is 0 Å². The van der Waals surface area contributed by atoms with Crippen LogP contribution in [0, 0.1) is 20.8 Å². The van der Waals surface area contributed by atoms with E-state index in [1.807, 2.05) is 40.7 Å². The van der Waals surface area contributed by atoms with Gasteiger partial charge in [0.05, 0.1) is 0 Å². The van der Waals surface area contributed by atoms with Crippen LogP contribution in [0.3, 0.4) is 0 Å². The quantitative estimate of drug-likeness (QED) is 0.582. The lowest BCUT2D eigenvalue weighted by atomic mass is 10.0. The van der Waals surface area contributed by atoms with Gasteiger partial charge in [-0.3, -0.25) is 4.79 Å². The summed E-state index contributed by atoms with van der Waals surface area (Å²) in [6.07, 6.45) is 1.99. The summed E-state index contributed by atoms with van der Waals surface area (Å²) in [5.41, 5.74) is 5.31. The third-order valence-electron chi connectivity index (χ3n) is 3.04. The molecule has 1 aromatic rings. The molecule has 0 aliphatic heterocycles. The Morgan fingerprint density at radius 1 is 1.20 bits per heavy atom. The Kier molecular flexibility index (Phi) is 6.09. The van der Waals surface area contributed by atoms with Crippen molar-refractivity contribution in [3.8, 4) is 0 Å². The predicted molar refractivity (Wildman–Crippen MR) is 87.9 cm³/mol. The average molecular weight is 314 g/mol. The molecule has 1 aromatic carbocycles. The first-order chi connectivity index (χ1) is 9.23. The van der Waals surface area contributed by atoms with Gasteiger partial charge in [0.2, 0.25) is 0 Å². The maximum atomic E-state index is 12.3. The lowest BCUT2D eigenvalue weighted by molar-refractivity contribution is -0.116. The summed E-state index contributed by atoms with van der Waals surface area (Å²) in [7, 11) is 0.